The van der Waals surface area contributed by atoms with Gasteiger partial charge in [-0.15, -0.1) is 0 Å². The van der Waals surface area contributed by atoms with E-state index in [1.54, 1.807) is 0 Å². The number of allylic oxidation sites excluding steroid dienone is 1. The average Bonchev–Trinajstić information content (AvgIpc) is 3.02. The lowest BCUT2D eigenvalue weighted by Gasteiger charge is -2.19. The van der Waals surface area contributed by atoms with Gasteiger partial charge in [-0.2, -0.15) is 0 Å². The number of fused-ring (bicyclic) bond motifs is 1. The highest BCUT2D eigenvalue weighted by atomic mass is 16.2. The minimum atomic E-state index is -0.413. The van der Waals surface area contributed by atoms with Crippen molar-refractivity contribution >= 4 is 34.0 Å². The fraction of sp³-hybridized carbons (Fsp3) is 0.231. The Morgan fingerprint density at radius 2 is 1.57 bits per heavy atom. The van der Waals surface area contributed by atoms with Gasteiger partial charge in [0.15, 0.2) is 0 Å². The predicted molar refractivity (Wildman–Crippen MR) is 122 cm³/mol. The van der Waals surface area contributed by atoms with Crippen molar-refractivity contribution in [3.05, 3.63) is 83.6 Å². The van der Waals surface area contributed by atoms with Crippen molar-refractivity contribution in [2.24, 2.45) is 0 Å². The Morgan fingerprint density at radius 3 is 2.23 bits per heavy atom. The van der Waals surface area contributed by atoms with E-state index in [2.05, 4.69) is 38.2 Å². The largest absolute Gasteiger partial charge is 0.333 e. The minimum Gasteiger partial charge on any atom is -0.302 e. The van der Waals surface area contributed by atoms with Crippen LogP contribution in [-0.2, 0) is 10.2 Å². The van der Waals surface area contributed by atoms with Crippen LogP contribution in [0.15, 0.2) is 72.4 Å². The van der Waals surface area contributed by atoms with Gasteiger partial charge in [-0.1, -0.05) is 88.4 Å². The number of amides is 3. The number of anilines is 1. The molecular formula is C26H26N2O2. The van der Waals surface area contributed by atoms with Crippen molar-refractivity contribution in [1.29, 1.82) is 0 Å². The summed E-state index contributed by atoms with van der Waals surface area (Å²) < 4.78 is 0. The van der Waals surface area contributed by atoms with Gasteiger partial charge in [0.25, 0.3) is 5.91 Å². The third kappa shape index (κ3) is 3.39. The first kappa shape index (κ1) is 19.9. The van der Waals surface area contributed by atoms with Crippen molar-refractivity contribution < 1.29 is 9.59 Å². The maximum Gasteiger partial charge on any atom is 0.333 e. The summed E-state index contributed by atoms with van der Waals surface area (Å²) in [5.74, 6) is -0.312. The lowest BCUT2D eigenvalue weighted by atomic mass is 9.86. The number of hydrogen-bond acceptors (Lipinski definition) is 2. The van der Waals surface area contributed by atoms with Crippen LogP contribution in [-0.4, -0.2) is 11.9 Å². The molecule has 152 valence electrons. The van der Waals surface area contributed by atoms with E-state index in [4.69, 9.17) is 0 Å². The third-order valence-electron chi connectivity index (χ3n) is 5.61. The molecule has 1 fully saturated rings. The van der Waals surface area contributed by atoms with Crippen LogP contribution >= 0.6 is 0 Å². The van der Waals surface area contributed by atoms with Gasteiger partial charge in [0, 0.05) is 5.39 Å². The van der Waals surface area contributed by atoms with Crippen molar-refractivity contribution in [2.45, 2.75) is 39.5 Å². The summed E-state index contributed by atoms with van der Waals surface area (Å²) in [5.41, 5.74) is 4.04. The predicted octanol–water partition coefficient (Wildman–Crippen LogP) is 6.01. The van der Waals surface area contributed by atoms with Gasteiger partial charge in [0.05, 0.1) is 5.69 Å². The molecule has 1 saturated heterocycles. The van der Waals surface area contributed by atoms with Crippen LogP contribution in [0, 0.1) is 0 Å². The second kappa shape index (κ2) is 7.45. The first-order chi connectivity index (χ1) is 14.3. The number of benzene rings is 3. The van der Waals surface area contributed by atoms with Crippen LogP contribution in [0.3, 0.4) is 0 Å². The molecule has 30 heavy (non-hydrogen) atoms. The molecule has 4 nitrogen and oxygen atoms in total. The molecule has 3 aromatic rings. The number of nitrogens with zero attached hydrogens (tertiary/aromatic N) is 1. The van der Waals surface area contributed by atoms with Gasteiger partial charge in [-0.05, 0) is 40.0 Å². The highest BCUT2D eigenvalue weighted by molar-refractivity contribution is 6.31. The Bertz CT molecular complexity index is 1160. The molecule has 0 aromatic heterocycles. The van der Waals surface area contributed by atoms with Crippen molar-refractivity contribution in [3.8, 4) is 0 Å². The van der Waals surface area contributed by atoms with E-state index < -0.39 is 6.03 Å². The summed E-state index contributed by atoms with van der Waals surface area (Å²) in [5, 5.41) is 4.69. The molecule has 0 atom stereocenters. The van der Waals surface area contributed by atoms with Crippen LogP contribution in [0.2, 0.25) is 0 Å². The molecule has 0 bridgehead atoms. The second-order valence-electron chi connectivity index (χ2n) is 8.60. The lowest BCUT2D eigenvalue weighted by molar-refractivity contribution is -0.113. The Hall–Kier alpha value is -3.40. The Balaban J connectivity index is 1.77. The number of urea groups is 1. The number of imide groups is 1. The molecule has 3 amide bonds. The molecule has 0 spiro atoms. The van der Waals surface area contributed by atoms with E-state index in [9.17, 15) is 9.59 Å². The zero-order valence-electron chi connectivity index (χ0n) is 17.8. The van der Waals surface area contributed by atoms with Crippen LogP contribution < -0.4 is 10.2 Å². The topological polar surface area (TPSA) is 49.4 Å². The summed E-state index contributed by atoms with van der Waals surface area (Å²) in [6.45, 7) is 8.51. The normalized spacial score (nSPS) is 16.2. The summed E-state index contributed by atoms with van der Waals surface area (Å²) in [4.78, 5) is 27.4. The average molecular weight is 399 g/mol. The number of rotatable bonds is 3. The maximum atomic E-state index is 13.3. The van der Waals surface area contributed by atoms with Crippen LogP contribution in [0.5, 0.6) is 0 Å². The molecule has 4 rings (SSSR count). The van der Waals surface area contributed by atoms with Gasteiger partial charge in [-0.3, -0.25) is 4.79 Å². The highest BCUT2D eigenvalue weighted by Crippen LogP contribution is 2.33. The van der Waals surface area contributed by atoms with Crippen LogP contribution in [0.4, 0.5) is 10.5 Å². The first-order valence-corrected chi connectivity index (χ1v) is 10.3. The molecule has 4 heteroatoms. The lowest BCUT2D eigenvalue weighted by Crippen LogP contribution is -2.30. The van der Waals surface area contributed by atoms with E-state index in [-0.39, 0.29) is 11.3 Å². The zero-order valence-corrected chi connectivity index (χ0v) is 17.8. The summed E-state index contributed by atoms with van der Waals surface area (Å²) >= 11 is 0. The SMILES string of the molecule is CC/C(=C1/NC(=O)N(c2cccc3ccccc23)C1=O)c1ccc(C(C)(C)C)cc1. The van der Waals surface area contributed by atoms with E-state index in [1.807, 2.05) is 61.5 Å². The standard InChI is InChI=1S/C26H26N2O2/c1-5-20(18-13-15-19(16-14-18)26(2,3)4)23-24(29)28(25(30)27-23)22-12-8-10-17-9-6-7-11-21(17)22/h6-16H,5H2,1-4H3,(H,27,30)/b23-20-. The molecular weight excluding hydrogens is 372 g/mol. The molecule has 0 radical (unpaired) electrons. The van der Waals surface area contributed by atoms with Gasteiger partial charge >= 0.3 is 6.03 Å². The van der Waals surface area contributed by atoms with Crippen LogP contribution in [0.1, 0.15) is 45.2 Å². The van der Waals surface area contributed by atoms with E-state index in [1.165, 1.54) is 10.5 Å². The van der Waals surface area contributed by atoms with E-state index in [0.29, 0.717) is 17.8 Å². The van der Waals surface area contributed by atoms with Gasteiger partial charge in [0.2, 0.25) is 0 Å². The monoisotopic (exact) mass is 398 g/mol. The summed E-state index contributed by atoms with van der Waals surface area (Å²) in [6, 6.07) is 21.3. The third-order valence-corrected chi connectivity index (χ3v) is 5.61. The Labute approximate surface area is 177 Å². The minimum absolute atomic E-state index is 0.0562. The maximum absolute atomic E-state index is 13.3. The molecule has 0 unspecified atom stereocenters. The molecule has 0 aliphatic carbocycles. The van der Waals surface area contributed by atoms with Crippen molar-refractivity contribution in [3.63, 3.8) is 0 Å². The number of hydrogen-bond donors (Lipinski definition) is 1. The molecule has 1 aliphatic heterocycles. The summed E-state index contributed by atoms with van der Waals surface area (Å²) in [7, 11) is 0. The Morgan fingerprint density at radius 1 is 0.900 bits per heavy atom. The van der Waals surface area contributed by atoms with Gasteiger partial charge < -0.3 is 5.32 Å². The fourth-order valence-electron chi connectivity index (χ4n) is 3.94. The molecule has 0 saturated carbocycles. The number of carbonyl (C=O) groups excluding carboxylic acids is 2. The molecule has 3 aromatic carbocycles. The van der Waals surface area contributed by atoms with Crippen LogP contribution in [0.25, 0.3) is 16.3 Å². The molecule has 1 heterocycles. The number of nitrogens with one attached hydrogen (secondary N) is 1. The van der Waals surface area contributed by atoms with Gasteiger partial charge in [0.1, 0.15) is 5.70 Å². The van der Waals surface area contributed by atoms with Crippen molar-refractivity contribution in [1.82, 2.24) is 5.32 Å². The quantitative estimate of drug-likeness (QED) is 0.433. The Kier molecular flexibility index (Phi) is 4.94. The summed E-state index contributed by atoms with van der Waals surface area (Å²) in [6.07, 6.45) is 0.638. The highest BCUT2D eigenvalue weighted by Gasteiger charge is 2.37. The van der Waals surface area contributed by atoms with E-state index in [0.717, 1.165) is 21.9 Å². The molecule has 1 N–H and O–H groups in total. The second-order valence-corrected chi connectivity index (χ2v) is 8.60. The van der Waals surface area contributed by atoms with Crippen molar-refractivity contribution in [2.75, 3.05) is 4.90 Å². The smallest absolute Gasteiger partial charge is 0.302 e. The van der Waals surface area contributed by atoms with Gasteiger partial charge in [-0.25, -0.2) is 9.69 Å². The zero-order chi connectivity index (χ0) is 21.5. The number of carbonyl (C=O) groups is 2. The fourth-order valence-corrected chi connectivity index (χ4v) is 3.94. The first-order valence-electron chi connectivity index (χ1n) is 10.3. The molecule has 1 aliphatic rings. The van der Waals surface area contributed by atoms with E-state index >= 15 is 0 Å².